The first kappa shape index (κ1) is 15.7. The van der Waals surface area contributed by atoms with E-state index in [-0.39, 0.29) is 12.5 Å². The Balaban J connectivity index is 2.44. The molecule has 0 atom stereocenters. The highest BCUT2D eigenvalue weighted by molar-refractivity contribution is 5.93. The number of carbonyl (C=O) groups excluding carboxylic acids is 2. The fraction of sp³-hybridized carbons (Fsp3) is 0.462. The predicted octanol–water partition coefficient (Wildman–Crippen LogP) is 1.13. The van der Waals surface area contributed by atoms with E-state index in [1.54, 1.807) is 18.3 Å². The van der Waals surface area contributed by atoms with Gasteiger partial charge in [-0.05, 0) is 25.5 Å². The summed E-state index contributed by atoms with van der Waals surface area (Å²) in [5.41, 5.74) is 0.459. The molecule has 0 aliphatic carbocycles. The zero-order valence-electron chi connectivity index (χ0n) is 11.7. The van der Waals surface area contributed by atoms with E-state index in [0.29, 0.717) is 24.7 Å². The summed E-state index contributed by atoms with van der Waals surface area (Å²) in [5.74, 6) is 0.124. The van der Waals surface area contributed by atoms with Gasteiger partial charge in [-0.25, -0.2) is 9.78 Å². The number of rotatable bonds is 7. The van der Waals surface area contributed by atoms with Crippen molar-refractivity contribution < 1.29 is 14.3 Å². The summed E-state index contributed by atoms with van der Waals surface area (Å²) in [6.45, 7) is 4.76. The number of amides is 3. The zero-order valence-corrected chi connectivity index (χ0v) is 11.7. The standard InChI is InChI=1S/C13H20N4O3/c1-3-7-14-11(18)9-16-13(19)17-10-6-5-8-15-12(10)20-4-2/h5-6,8H,3-4,7,9H2,1-2H3,(H,14,18)(H2,16,17,19). The van der Waals surface area contributed by atoms with Crippen molar-refractivity contribution in [2.24, 2.45) is 0 Å². The maximum Gasteiger partial charge on any atom is 0.319 e. The van der Waals surface area contributed by atoms with Gasteiger partial charge in [0, 0.05) is 12.7 Å². The Hall–Kier alpha value is -2.31. The fourth-order valence-corrected chi connectivity index (χ4v) is 1.39. The molecular formula is C13H20N4O3. The summed E-state index contributed by atoms with van der Waals surface area (Å²) in [6, 6.07) is 2.88. The highest BCUT2D eigenvalue weighted by Gasteiger charge is 2.09. The summed E-state index contributed by atoms with van der Waals surface area (Å²) < 4.78 is 5.28. The molecule has 0 aliphatic heterocycles. The Bertz CT molecular complexity index is 451. The second-order valence-corrected chi connectivity index (χ2v) is 3.95. The van der Waals surface area contributed by atoms with Crippen LogP contribution in [0.5, 0.6) is 5.88 Å². The van der Waals surface area contributed by atoms with Crippen LogP contribution in [0.3, 0.4) is 0 Å². The lowest BCUT2D eigenvalue weighted by atomic mass is 10.4. The quantitative estimate of drug-likeness (QED) is 0.698. The molecular weight excluding hydrogens is 260 g/mol. The predicted molar refractivity (Wildman–Crippen MR) is 75.7 cm³/mol. The van der Waals surface area contributed by atoms with Gasteiger partial charge in [0.2, 0.25) is 11.8 Å². The number of pyridine rings is 1. The van der Waals surface area contributed by atoms with Gasteiger partial charge in [-0.3, -0.25) is 4.79 Å². The molecule has 3 N–H and O–H groups in total. The third kappa shape index (κ3) is 5.55. The molecule has 7 nitrogen and oxygen atoms in total. The molecule has 1 aromatic heterocycles. The van der Waals surface area contributed by atoms with Crippen molar-refractivity contribution in [3.05, 3.63) is 18.3 Å². The van der Waals surface area contributed by atoms with Crippen LogP contribution in [0.25, 0.3) is 0 Å². The van der Waals surface area contributed by atoms with Gasteiger partial charge in [-0.2, -0.15) is 0 Å². The van der Waals surface area contributed by atoms with E-state index in [4.69, 9.17) is 4.74 Å². The molecule has 0 aromatic carbocycles. The number of aromatic nitrogens is 1. The minimum atomic E-state index is -0.481. The van der Waals surface area contributed by atoms with Gasteiger partial charge in [0.1, 0.15) is 5.69 Å². The van der Waals surface area contributed by atoms with Crippen LogP contribution in [0.1, 0.15) is 20.3 Å². The first-order valence-electron chi connectivity index (χ1n) is 6.56. The number of nitrogens with one attached hydrogen (secondary N) is 3. The van der Waals surface area contributed by atoms with Crippen LogP contribution in [0.15, 0.2) is 18.3 Å². The highest BCUT2D eigenvalue weighted by Crippen LogP contribution is 2.19. The molecule has 0 saturated heterocycles. The van der Waals surface area contributed by atoms with Gasteiger partial charge >= 0.3 is 6.03 Å². The van der Waals surface area contributed by atoms with Crippen molar-refractivity contribution in [3.8, 4) is 5.88 Å². The van der Waals surface area contributed by atoms with Crippen molar-refractivity contribution in [3.63, 3.8) is 0 Å². The molecule has 3 amide bonds. The topological polar surface area (TPSA) is 92.4 Å². The Kier molecular flexibility index (Phi) is 6.88. The molecule has 0 fully saturated rings. The molecule has 1 aromatic rings. The summed E-state index contributed by atoms with van der Waals surface area (Å²) >= 11 is 0. The Morgan fingerprint density at radius 1 is 1.30 bits per heavy atom. The van der Waals surface area contributed by atoms with E-state index in [9.17, 15) is 9.59 Å². The summed E-state index contributed by atoms with van der Waals surface area (Å²) in [7, 11) is 0. The van der Waals surface area contributed by atoms with Gasteiger partial charge in [0.05, 0.1) is 13.2 Å². The molecule has 0 unspecified atom stereocenters. The Labute approximate surface area is 118 Å². The molecule has 0 radical (unpaired) electrons. The van der Waals surface area contributed by atoms with Crippen molar-refractivity contribution in [1.29, 1.82) is 0 Å². The molecule has 7 heteroatoms. The summed E-state index contributed by atoms with van der Waals surface area (Å²) in [6.07, 6.45) is 2.43. The van der Waals surface area contributed by atoms with E-state index < -0.39 is 6.03 Å². The lowest BCUT2D eigenvalue weighted by Gasteiger charge is -2.11. The minimum absolute atomic E-state index is 0.0733. The Morgan fingerprint density at radius 3 is 2.80 bits per heavy atom. The van der Waals surface area contributed by atoms with Gasteiger partial charge < -0.3 is 20.7 Å². The zero-order chi connectivity index (χ0) is 14.8. The summed E-state index contributed by atoms with van der Waals surface area (Å²) in [4.78, 5) is 27.0. The van der Waals surface area contributed by atoms with E-state index >= 15 is 0 Å². The molecule has 0 bridgehead atoms. The normalized spacial score (nSPS) is 9.70. The minimum Gasteiger partial charge on any atom is -0.476 e. The lowest BCUT2D eigenvalue weighted by molar-refractivity contribution is -0.120. The Morgan fingerprint density at radius 2 is 2.10 bits per heavy atom. The average molecular weight is 280 g/mol. The smallest absolute Gasteiger partial charge is 0.319 e. The van der Waals surface area contributed by atoms with Crippen molar-refractivity contribution in [2.45, 2.75) is 20.3 Å². The van der Waals surface area contributed by atoms with Crippen LogP contribution in [-0.4, -0.2) is 36.6 Å². The molecule has 0 saturated carbocycles. The third-order valence-electron chi connectivity index (χ3n) is 2.28. The van der Waals surface area contributed by atoms with E-state index in [2.05, 4.69) is 20.9 Å². The molecule has 1 rings (SSSR count). The number of carbonyl (C=O) groups is 2. The lowest BCUT2D eigenvalue weighted by Crippen LogP contribution is -2.39. The van der Waals surface area contributed by atoms with Gasteiger partial charge in [0.25, 0.3) is 0 Å². The second kappa shape index (κ2) is 8.73. The summed E-state index contributed by atoms with van der Waals surface area (Å²) in [5, 5.41) is 7.72. The van der Waals surface area contributed by atoms with Gasteiger partial charge in [-0.1, -0.05) is 6.92 Å². The van der Waals surface area contributed by atoms with Gasteiger partial charge in [-0.15, -0.1) is 0 Å². The largest absolute Gasteiger partial charge is 0.476 e. The number of anilines is 1. The van der Waals surface area contributed by atoms with Crippen LogP contribution in [-0.2, 0) is 4.79 Å². The number of ether oxygens (including phenoxy) is 1. The van der Waals surface area contributed by atoms with Crippen molar-refractivity contribution in [1.82, 2.24) is 15.6 Å². The average Bonchev–Trinajstić information content (AvgIpc) is 2.45. The number of hydrogen-bond donors (Lipinski definition) is 3. The maximum atomic E-state index is 11.7. The molecule has 110 valence electrons. The third-order valence-corrected chi connectivity index (χ3v) is 2.28. The number of hydrogen-bond acceptors (Lipinski definition) is 4. The van der Waals surface area contributed by atoms with E-state index in [1.807, 2.05) is 13.8 Å². The fourth-order valence-electron chi connectivity index (χ4n) is 1.39. The molecule has 0 aliphatic rings. The van der Waals surface area contributed by atoms with Crippen LogP contribution in [0.2, 0.25) is 0 Å². The van der Waals surface area contributed by atoms with E-state index in [1.165, 1.54) is 0 Å². The first-order chi connectivity index (χ1) is 9.67. The molecule has 0 spiro atoms. The van der Waals surface area contributed by atoms with Crippen LogP contribution >= 0.6 is 0 Å². The monoisotopic (exact) mass is 280 g/mol. The second-order valence-electron chi connectivity index (χ2n) is 3.95. The molecule has 20 heavy (non-hydrogen) atoms. The molecule has 1 heterocycles. The van der Waals surface area contributed by atoms with Crippen LogP contribution < -0.4 is 20.7 Å². The van der Waals surface area contributed by atoms with Crippen molar-refractivity contribution in [2.75, 3.05) is 25.0 Å². The van der Waals surface area contributed by atoms with E-state index in [0.717, 1.165) is 6.42 Å². The number of nitrogens with zero attached hydrogens (tertiary/aromatic N) is 1. The van der Waals surface area contributed by atoms with Gasteiger partial charge in [0.15, 0.2) is 0 Å². The maximum absolute atomic E-state index is 11.7. The number of urea groups is 1. The SMILES string of the molecule is CCCNC(=O)CNC(=O)Nc1cccnc1OCC. The van der Waals surface area contributed by atoms with Crippen molar-refractivity contribution >= 4 is 17.6 Å². The van der Waals surface area contributed by atoms with Crippen LogP contribution in [0, 0.1) is 0 Å². The highest BCUT2D eigenvalue weighted by atomic mass is 16.5. The van der Waals surface area contributed by atoms with Crippen LogP contribution in [0.4, 0.5) is 10.5 Å². The first-order valence-corrected chi connectivity index (χ1v) is 6.56.